The monoisotopic (exact) mass is 376 g/mol. The highest BCUT2D eigenvalue weighted by Crippen LogP contribution is 2.44. The second kappa shape index (κ2) is 7.05. The highest BCUT2D eigenvalue weighted by atomic mass is 32.2. The van der Waals surface area contributed by atoms with E-state index in [9.17, 15) is 23.1 Å². The van der Waals surface area contributed by atoms with Gasteiger partial charge in [-0.25, -0.2) is 17.7 Å². The summed E-state index contributed by atoms with van der Waals surface area (Å²) in [4.78, 5) is 10.5. The van der Waals surface area contributed by atoms with E-state index in [-0.39, 0.29) is 12.1 Å². The summed E-state index contributed by atoms with van der Waals surface area (Å²) in [6.45, 7) is 3.77. The van der Waals surface area contributed by atoms with Crippen molar-refractivity contribution >= 4 is 16.7 Å². The zero-order valence-corrected chi connectivity index (χ0v) is 15.1. The van der Waals surface area contributed by atoms with Crippen LogP contribution in [0.4, 0.5) is 14.5 Å². The van der Waals surface area contributed by atoms with Gasteiger partial charge in [-0.05, 0) is 44.7 Å². The molecule has 1 aliphatic carbocycles. The van der Waals surface area contributed by atoms with Gasteiger partial charge in [0.25, 0.3) is 11.6 Å². The Morgan fingerprint density at radius 3 is 2.56 bits per heavy atom. The van der Waals surface area contributed by atoms with Crippen LogP contribution in [0.15, 0.2) is 18.2 Å². The summed E-state index contributed by atoms with van der Waals surface area (Å²) in [6.07, 6.45) is 0.394. The van der Waals surface area contributed by atoms with Crippen LogP contribution in [-0.2, 0) is 17.4 Å². The van der Waals surface area contributed by atoms with Gasteiger partial charge in [0.2, 0.25) is 0 Å². The number of nitrogens with one attached hydrogen (secondary N) is 1. The number of hydrogen-bond donors (Lipinski definition) is 2. The van der Waals surface area contributed by atoms with E-state index in [1.807, 2.05) is 0 Å². The SMILES string of the molecule is CC(C)(C)[S@@](=O)NC1c2cc([N+](=O)[O-])ccc2CC[C@H]1C(F)(F)CO. The van der Waals surface area contributed by atoms with Gasteiger partial charge < -0.3 is 5.11 Å². The van der Waals surface area contributed by atoms with Gasteiger partial charge in [-0.3, -0.25) is 10.1 Å². The summed E-state index contributed by atoms with van der Waals surface area (Å²) < 4.78 is 43.0. The van der Waals surface area contributed by atoms with Gasteiger partial charge in [0, 0.05) is 18.1 Å². The number of rotatable bonds is 5. The second-order valence-corrected chi connectivity index (χ2v) is 9.18. The van der Waals surface area contributed by atoms with Gasteiger partial charge in [0.05, 0.1) is 26.7 Å². The van der Waals surface area contributed by atoms with Crippen molar-refractivity contribution in [3.63, 3.8) is 0 Å². The lowest BCUT2D eigenvalue weighted by Crippen LogP contribution is -2.47. The van der Waals surface area contributed by atoms with E-state index in [2.05, 4.69) is 4.72 Å². The average Bonchev–Trinajstić information content (AvgIpc) is 2.53. The molecule has 0 saturated carbocycles. The molecule has 0 fully saturated rings. The van der Waals surface area contributed by atoms with Crippen LogP contribution in [0, 0.1) is 16.0 Å². The van der Waals surface area contributed by atoms with E-state index in [1.165, 1.54) is 12.1 Å². The predicted octanol–water partition coefficient (Wildman–Crippen LogP) is 2.88. The predicted molar refractivity (Wildman–Crippen MR) is 90.7 cm³/mol. The molecule has 0 aliphatic heterocycles. The quantitative estimate of drug-likeness (QED) is 0.610. The third kappa shape index (κ3) is 4.21. The van der Waals surface area contributed by atoms with Crippen molar-refractivity contribution in [3.05, 3.63) is 39.4 Å². The Hall–Kier alpha value is -1.45. The summed E-state index contributed by atoms with van der Waals surface area (Å²) in [5.41, 5.74) is 0.843. The molecule has 0 amide bonds. The average molecular weight is 376 g/mol. The van der Waals surface area contributed by atoms with Crippen LogP contribution in [0.25, 0.3) is 0 Å². The maximum atomic E-state index is 14.3. The second-order valence-electron chi connectivity index (χ2n) is 7.18. The highest BCUT2D eigenvalue weighted by Gasteiger charge is 2.47. The first kappa shape index (κ1) is 19.9. The van der Waals surface area contributed by atoms with Crippen LogP contribution < -0.4 is 4.72 Å². The van der Waals surface area contributed by atoms with Crippen molar-refractivity contribution < 1.29 is 23.0 Å². The summed E-state index contributed by atoms with van der Waals surface area (Å²) in [5.74, 6) is -4.69. The van der Waals surface area contributed by atoms with Gasteiger partial charge in [-0.1, -0.05) is 6.07 Å². The molecule has 0 saturated heterocycles. The minimum absolute atomic E-state index is 0.0807. The molecule has 9 heteroatoms. The Morgan fingerprint density at radius 1 is 1.40 bits per heavy atom. The number of aryl methyl sites for hydroxylation is 1. The van der Waals surface area contributed by atoms with Gasteiger partial charge >= 0.3 is 0 Å². The topological polar surface area (TPSA) is 92.5 Å². The molecule has 1 aromatic carbocycles. The molecule has 1 aromatic rings. The van der Waals surface area contributed by atoms with Crippen molar-refractivity contribution in [2.75, 3.05) is 6.61 Å². The van der Waals surface area contributed by atoms with Crippen molar-refractivity contribution in [2.24, 2.45) is 5.92 Å². The van der Waals surface area contributed by atoms with Gasteiger partial charge in [0.1, 0.15) is 6.61 Å². The fourth-order valence-corrected chi connectivity index (χ4v) is 3.79. The zero-order valence-electron chi connectivity index (χ0n) is 14.3. The summed E-state index contributed by atoms with van der Waals surface area (Å²) in [7, 11) is -1.65. The molecular weight excluding hydrogens is 354 g/mol. The molecule has 0 radical (unpaired) electrons. The van der Waals surface area contributed by atoms with Crippen molar-refractivity contribution in [1.82, 2.24) is 4.72 Å². The number of nitro benzene ring substituents is 1. The fraction of sp³-hybridized carbons (Fsp3) is 0.625. The normalized spacial score (nSPS) is 22.3. The molecule has 0 spiro atoms. The zero-order chi connectivity index (χ0) is 19.0. The van der Waals surface area contributed by atoms with Crippen molar-refractivity contribution in [3.8, 4) is 0 Å². The van der Waals surface area contributed by atoms with E-state index in [4.69, 9.17) is 5.11 Å². The van der Waals surface area contributed by atoms with E-state index in [0.717, 1.165) is 0 Å². The first-order chi connectivity index (χ1) is 11.5. The number of alkyl halides is 2. The van der Waals surface area contributed by atoms with Gasteiger partial charge in [0.15, 0.2) is 0 Å². The third-order valence-electron chi connectivity index (χ3n) is 4.35. The van der Waals surface area contributed by atoms with E-state index in [0.29, 0.717) is 17.5 Å². The number of halogens is 2. The van der Waals surface area contributed by atoms with Crippen molar-refractivity contribution in [2.45, 2.75) is 50.3 Å². The molecule has 0 bridgehead atoms. The third-order valence-corrected chi connectivity index (χ3v) is 5.93. The minimum Gasteiger partial charge on any atom is -0.390 e. The van der Waals surface area contributed by atoms with Crippen LogP contribution in [-0.4, -0.2) is 31.5 Å². The fourth-order valence-electron chi connectivity index (χ4n) is 2.92. The lowest BCUT2D eigenvalue weighted by Gasteiger charge is -2.38. The maximum absolute atomic E-state index is 14.3. The lowest BCUT2D eigenvalue weighted by molar-refractivity contribution is -0.385. The number of nitrogens with zero attached hydrogens (tertiary/aromatic N) is 1. The van der Waals surface area contributed by atoms with Crippen LogP contribution >= 0.6 is 0 Å². The number of benzene rings is 1. The van der Waals surface area contributed by atoms with Crippen LogP contribution in [0.2, 0.25) is 0 Å². The molecule has 1 unspecified atom stereocenters. The standard InChI is InChI=1S/C16H22F2N2O4S/c1-15(2,3)25(24)19-14-12-8-11(20(22)23)6-4-10(12)5-7-13(14)16(17,18)9-21/h4,6,8,13-14,19,21H,5,7,9H2,1-3H3/t13-,14?,25-/m1/s1. The van der Waals surface area contributed by atoms with Crippen LogP contribution in [0.5, 0.6) is 0 Å². The number of non-ortho nitro benzene ring substituents is 1. The number of hydrogen-bond acceptors (Lipinski definition) is 4. The Balaban J connectivity index is 2.51. The lowest BCUT2D eigenvalue weighted by atomic mass is 9.77. The first-order valence-corrected chi connectivity index (χ1v) is 9.06. The molecule has 1 aliphatic rings. The van der Waals surface area contributed by atoms with Gasteiger partial charge in [-0.15, -0.1) is 0 Å². The summed E-state index contributed by atoms with van der Waals surface area (Å²) >= 11 is 0. The first-order valence-electron chi connectivity index (χ1n) is 7.91. The summed E-state index contributed by atoms with van der Waals surface area (Å²) in [5, 5.41) is 20.1. The largest absolute Gasteiger partial charge is 0.390 e. The maximum Gasteiger partial charge on any atom is 0.275 e. The van der Waals surface area contributed by atoms with E-state index < -0.39 is 45.1 Å². The smallest absolute Gasteiger partial charge is 0.275 e. The Kier molecular flexibility index (Phi) is 5.60. The Morgan fingerprint density at radius 2 is 2.04 bits per heavy atom. The van der Waals surface area contributed by atoms with Gasteiger partial charge in [-0.2, -0.15) is 0 Å². The highest BCUT2D eigenvalue weighted by molar-refractivity contribution is 7.84. The van der Waals surface area contributed by atoms with E-state index >= 15 is 0 Å². The number of aliphatic hydroxyl groups is 1. The minimum atomic E-state index is -3.39. The van der Waals surface area contributed by atoms with Crippen LogP contribution in [0.3, 0.4) is 0 Å². The molecule has 3 atom stereocenters. The Bertz CT molecular complexity index is 691. The molecule has 2 N–H and O–H groups in total. The molecule has 0 aromatic heterocycles. The molecular formula is C16H22F2N2O4S. The molecule has 0 heterocycles. The molecule has 140 valence electrons. The Labute approximate surface area is 147 Å². The molecule has 6 nitrogen and oxygen atoms in total. The number of fused-ring (bicyclic) bond motifs is 1. The van der Waals surface area contributed by atoms with Crippen LogP contribution in [0.1, 0.15) is 44.4 Å². The van der Waals surface area contributed by atoms with Crippen molar-refractivity contribution in [1.29, 1.82) is 0 Å². The molecule has 2 rings (SSSR count). The molecule has 25 heavy (non-hydrogen) atoms. The number of aliphatic hydroxyl groups excluding tert-OH is 1. The van der Waals surface area contributed by atoms with E-state index in [1.54, 1.807) is 26.8 Å². The number of nitro groups is 1. The summed E-state index contributed by atoms with van der Waals surface area (Å²) in [6, 6.07) is 3.09.